The Morgan fingerprint density at radius 3 is 2.53 bits per heavy atom. The van der Waals surface area contributed by atoms with Gasteiger partial charge in [0.05, 0.1) is 0 Å². The number of nitrogens with two attached hydrogens (primary N) is 1. The van der Waals surface area contributed by atoms with Crippen LogP contribution in [0.5, 0.6) is 0 Å². The lowest BCUT2D eigenvalue weighted by molar-refractivity contribution is -0.139. The van der Waals surface area contributed by atoms with Gasteiger partial charge in [0.15, 0.2) is 0 Å². The van der Waals surface area contributed by atoms with E-state index < -0.39 is 5.97 Å². The molecule has 0 aromatic heterocycles. The predicted octanol–water partition coefficient (Wildman–Crippen LogP) is 1.33. The highest BCUT2D eigenvalue weighted by molar-refractivity contribution is 5.87. The van der Waals surface area contributed by atoms with Gasteiger partial charge in [-0.3, -0.25) is 0 Å². The molecule has 15 heavy (non-hydrogen) atoms. The summed E-state index contributed by atoms with van der Waals surface area (Å²) in [5.41, 5.74) is 0.215. The van der Waals surface area contributed by atoms with Gasteiger partial charge in [0.25, 0.3) is 0 Å². The van der Waals surface area contributed by atoms with E-state index in [1.807, 2.05) is 13.8 Å². The van der Waals surface area contributed by atoms with Crippen molar-refractivity contribution in [1.29, 1.82) is 0 Å². The van der Waals surface area contributed by atoms with E-state index in [1.165, 1.54) is 0 Å². The molecule has 0 fully saturated rings. The summed E-state index contributed by atoms with van der Waals surface area (Å²) in [7, 11) is 0. The van der Waals surface area contributed by atoms with Gasteiger partial charge in [0.2, 0.25) is 0 Å². The number of halogens is 1. The summed E-state index contributed by atoms with van der Waals surface area (Å²) in [6.07, 6.45) is 2.31. The first-order valence-electron chi connectivity index (χ1n) is 4.40. The number of carbonyl (C=O) groups is 1. The van der Waals surface area contributed by atoms with Crippen molar-refractivity contribution in [3.05, 3.63) is 24.8 Å². The molecule has 0 aliphatic rings. The van der Waals surface area contributed by atoms with E-state index in [0.717, 1.165) is 0 Å². The SMILES string of the molecule is C=CC(C)(C)NCCC(=C)C(=O)ON.Cl. The molecule has 0 saturated heterocycles. The monoisotopic (exact) mass is 234 g/mol. The number of carbonyl (C=O) groups excluding carboxylic acids is 1. The van der Waals surface area contributed by atoms with Gasteiger partial charge in [-0.1, -0.05) is 12.7 Å². The van der Waals surface area contributed by atoms with E-state index in [-0.39, 0.29) is 17.9 Å². The zero-order valence-corrected chi connectivity index (χ0v) is 10.0. The van der Waals surface area contributed by atoms with E-state index in [2.05, 4.69) is 23.3 Å². The largest absolute Gasteiger partial charge is 0.370 e. The van der Waals surface area contributed by atoms with Crippen LogP contribution in [-0.2, 0) is 9.63 Å². The Balaban J connectivity index is 0. The van der Waals surface area contributed by atoms with Crippen LogP contribution in [0.15, 0.2) is 24.8 Å². The van der Waals surface area contributed by atoms with Crippen molar-refractivity contribution >= 4 is 18.4 Å². The normalized spacial score (nSPS) is 10.1. The highest BCUT2D eigenvalue weighted by Gasteiger charge is 2.12. The molecule has 88 valence electrons. The highest BCUT2D eigenvalue weighted by Crippen LogP contribution is 2.04. The van der Waals surface area contributed by atoms with E-state index >= 15 is 0 Å². The molecule has 0 radical (unpaired) electrons. The van der Waals surface area contributed by atoms with Crippen LogP contribution >= 0.6 is 12.4 Å². The van der Waals surface area contributed by atoms with Gasteiger partial charge in [-0.25, -0.2) is 4.79 Å². The number of hydrogen-bond acceptors (Lipinski definition) is 4. The van der Waals surface area contributed by atoms with E-state index in [4.69, 9.17) is 5.90 Å². The molecule has 0 aromatic carbocycles. The van der Waals surface area contributed by atoms with E-state index in [9.17, 15) is 4.79 Å². The average molecular weight is 235 g/mol. The number of rotatable bonds is 6. The molecule has 4 nitrogen and oxygen atoms in total. The molecule has 5 heteroatoms. The fraction of sp³-hybridized carbons (Fsp3) is 0.500. The lowest BCUT2D eigenvalue weighted by atomic mass is 10.1. The maximum atomic E-state index is 10.8. The molecule has 0 rings (SSSR count). The second-order valence-electron chi connectivity index (χ2n) is 3.61. The minimum atomic E-state index is -0.566. The summed E-state index contributed by atoms with van der Waals surface area (Å²) in [4.78, 5) is 14.9. The Labute approximate surface area is 96.9 Å². The summed E-state index contributed by atoms with van der Waals surface area (Å²) in [6, 6.07) is 0. The van der Waals surface area contributed by atoms with Crippen LogP contribution in [0.3, 0.4) is 0 Å². The number of nitrogens with one attached hydrogen (secondary N) is 1. The summed E-state index contributed by atoms with van der Waals surface area (Å²) >= 11 is 0. The van der Waals surface area contributed by atoms with Gasteiger partial charge in [-0.05, 0) is 20.3 Å². The Morgan fingerprint density at radius 2 is 2.13 bits per heavy atom. The number of hydrogen-bond donors (Lipinski definition) is 2. The van der Waals surface area contributed by atoms with Gasteiger partial charge >= 0.3 is 5.97 Å². The van der Waals surface area contributed by atoms with Crippen LogP contribution in [0, 0.1) is 0 Å². The zero-order chi connectivity index (χ0) is 11.2. The minimum absolute atomic E-state index is 0. The van der Waals surface area contributed by atoms with Crippen LogP contribution in [0.4, 0.5) is 0 Å². The van der Waals surface area contributed by atoms with E-state index in [1.54, 1.807) is 6.08 Å². The van der Waals surface area contributed by atoms with Crippen molar-refractivity contribution in [2.24, 2.45) is 5.90 Å². The molecule has 0 saturated carbocycles. The highest BCUT2D eigenvalue weighted by atomic mass is 35.5. The summed E-state index contributed by atoms with van der Waals surface area (Å²) < 4.78 is 0. The molecular weight excluding hydrogens is 216 g/mol. The minimum Gasteiger partial charge on any atom is -0.370 e. The molecular formula is C10H19ClN2O2. The molecule has 0 unspecified atom stereocenters. The summed E-state index contributed by atoms with van der Waals surface area (Å²) in [5.74, 6) is 4.14. The topological polar surface area (TPSA) is 64.3 Å². The molecule has 0 bridgehead atoms. The van der Waals surface area contributed by atoms with Crippen LogP contribution in [0.1, 0.15) is 20.3 Å². The first-order valence-corrected chi connectivity index (χ1v) is 4.40. The van der Waals surface area contributed by atoms with Crippen molar-refractivity contribution in [2.45, 2.75) is 25.8 Å². The molecule has 0 aliphatic carbocycles. The molecule has 0 heterocycles. The second-order valence-corrected chi connectivity index (χ2v) is 3.61. The van der Waals surface area contributed by atoms with Gasteiger partial charge in [-0.2, -0.15) is 5.90 Å². The van der Waals surface area contributed by atoms with Gasteiger partial charge in [-0.15, -0.1) is 19.0 Å². The smallest absolute Gasteiger partial charge is 0.351 e. The zero-order valence-electron chi connectivity index (χ0n) is 9.21. The Kier molecular flexibility index (Phi) is 8.24. The van der Waals surface area contributed by atoms with Crippen molar-refractivity contribution < 1.29 is 9.63 Å². The van der Waals surface area contributed by atoms with Crippen LogP contribution in [0.2, 0.25) is 0 Å². The van der Waals surface area contributed by atoms with Crippen molar-refractivity contribution in [1.82, 2.24) is 5.32 Å². The van der Waals surface area contributed by atoms with Crippen molar-refractivity contribution in [3.8, 4) is 0 Å². The third-order valence-electron chi connectivity index (χ3n) is 1.91. The fourth-order valence-corrected chi connectivity index (χ4v) is 0.793. The Morgan fingerprint density at radius 1 is 1.60 bits per heavy atom. The quantitative estimate of drug-likeness (QED) is 0.413. The third-order valence-corrected chi connectivity index (χ3v) is 1.91. The molecule has 0 spiro atoms. The van der Waals surface area contributed by atoms with Gasteiger partial charge in [0, 0.05) is 17.7 Å². The third kappa shape index (κ3) is 7.13. The average Bonchev–Trinajstić information content (AvgIpc) is 2.16. The summed E-state index contributed by atoms with van der Waals surface area (Å²) in [5, 5.41) is 3.19. The Hall–Kier alpha value is -0.840. The van der Waals surface area contributed by atoms with Crippen LogP contribution in [0.25, 0.3) is 0 Å². The predicted molar refractivity (Wildman–Crippen MR) is 63.6 cm³/mol. The molecule has 0 aliphatic heterocycles. The molecule has 0 atom stereocenters. The molecule has 0 aromatic rings. The standard InChI is InChI=1S/C10H18N2O2.ClH/c1-5-10(3,4)12-7-6-8(2)9(13)14-11;/h5,12H,1-2,6-7,11H2,3-4H3;1H. The maximum Gasteiger partial charge on any atom is 0.351 e. The first kappa shape index (κ1) is 16.6. The lowest BCUT2D eigenvalue weighted by Gasteiger charge is -2.21. The summed E-state index contributed by atoms with van der Waals surface area (Å²) in [6.45, 7) is 11.8. The fourth-order valence-electron chi connectivity index (χ4n) is 0.793. The van der Waals surface area contributed by atoms with Gasteiger partial charge < -0.3 is 10.2 Å². The first-order chi connectivity index (χ1) is 6.43. The molecule has 3 N–H and O–H groups in total. The Bertz CT molecular complexity index is 240. The van der Waals surface area contributed by atoms with Gasteiger partial charge in [0.1, 0.15) is 0 Å². The van der Waals surface area contributed by atoms with E-state index in [0.29, 0.717) is 18.5 Å². The van der Waals surface area contributed by atoms with Crippen LogP contribution < -0.4 is 11.2 Å². The second kappa shape index (κ2) is 7.45. The molecule has 0 amide bonds. The maximum absolute atomic E-state index is 10.8. The lowest BCUT2D eigenvalue weighted by Crippen LogP contribution is -2.37. The van der Waals surface area contributed by atoms with Crippen LogP contribution in [-0.4, -0.2) is 18.1 Å². The van der Waals surface area contributed by atoms with Crippen molar-refractivity contribution in [3.63, 3.8) is 0 Å². The van der Waals surface area contributed by atoms with Crippen molar-refractivity contribution in [2.75, 3.05) is 6.54 Å².